The Balaban J connectivity index is 1.35. The van der Waals surface area contributed by atoms with Gasteiger partial charge in [0, 0.05) is 5.69 Å². The first-order chi connectivity index (χ1) is 12.6. The number of aryl methyl sites for hydroxylation is 1. The van der Waals surface area contributed by atoms with Gasteiger partial charge in [0.1, 0.15) is 5.76 Å². The number of carbonyl (C=O) groups is 2. The molecule has 26 heavy (non-hydrogen) atoms. The van der Waals surface area contributed by atoms with Crippen molar-refractivity contribution in [2.75, 3.05) is 37.6 Å². The van der Waals surface area contributed by atoms with Crippen molar-refractivity contribution in [3.63, 3.8) is 0 Å². The van der Waals surface area contributed by atoms with E-state index in [1.165, 1.54) is 16.9 Å². The maximum atomic E-state index is 12.0. The molecule has 1 aromatic carbocycles. The number of amides is 2. The third-order valence-corrected chi connectivity index (χ3v) is 4.72. The second kappa shape index (κ2) is 8.53. The minimum atomic E-state index is -0.367. The number of hydrogen-bond acceptors (Lipinski definition) is 4. The van der Waals surface area contributed by atoms with Crippen LogP contribution in [0.3, 0.4) is 0 Å². The number of anilines is 1. The van der Waals surface area contributed by atoms with E-state index in [1.54, 1.807) is 13.0 Å². The Hall–Kier alpha value is -2.80. The lowest BCUT2D eigenvalue weighted by atomic mass is 10.2. The van der Waals surface area contributed by atoms with Crippen molar-refractivity contribution in [1.82, 2.24) is 10.9 Å². The second-order valence-corrected chi connectivity index (χ2v) is 6.47. The minimum Gasteiger partial charge on any atom is -0.469 e. The molecule has 0 radical (unpaired) electrons. The molecule has 3 N–H and O–H groups in total. The molecule has 0 bridgehead atoms. The average molecular weight is 357 g/mol. The van der Waals surface area contributed by atoms with Gasteiger partial charge in [0.05, 0.1) is 51.0 Å². The highest BCUT2D eigenvalue weighted by atomic mass is 16.3. The molecule has 2 heterocycles. The Morgan fingerprint density at radius 1 is 1.12 bits per heavy atom. The van der Waals surface area contributed by atoms with E-state index in [0.29, 0.717) is 17.7 Å². The van der Waals surface area contributed by atoms with Gasteiger partial charge < -0.3 is 14.2 Å². The maximum Gasteiger partial charge on any atom is 0.273 e. The molecule has 0 atom stereocenters. The van der Waals surface area contributed by atoms with E-state index in [2.05, 4.69) is 40.0 Å². The van der Waals surface area contributed by atoms with Gasteiger partial charge in [0.25, 0.3) is 5.91 Å². The number of hydrazine groups is 1. The summed E-state index contributed by atoms with van der Waals surface area (Å²) in [7, 11) is 0. The summed E-state index contributed by atoms with van der Waals surface area (Å²) in [6.07, 6.45) is 1.83. The van der Waals surface area contributed by atoms with Crippen LogP contribution in [0.2, 0.25) is 0 Å². The Morgan fingerprint density at radius 3 is 2.50 bits per heavy atom. The minimum absolute atomic E-state index is 0.183. The van der Waals surface area contributed by atoms with Crippen LogP contribution in [0.25, 0.3) is 0 Å². The molecule has 2 amide bonds. The molecule has 3 rings (SSSR count). The van der Waals surface area contributed by atoms with Crippen LogP contribution in [0.5, 0.6) is 0 Å². The highest BCUT2D eigenvalue weighted by molar-refractivity contribution is 5.96. The fourth-order valence-corrected chi connectivity index (χ4v) is 3.14. The van der Waals surface area contributed by atoms with Crippen molar-refractivity contribution in [2.45, 2.75) is 13.3 Å². The zero-order valence-corrected chi connectivity index (χ0v) is 15.0. The topological polar surface area (TPSA) is 79.0 Å². The third kappa shape index (κ3) is 4.64. The molecule has 1 aliphatic heterocycles. The first kappa shape index (κ1) is 18.0. The van der Waals surface area contributed by atoms with Gasteiger partial charge in [-0.3, -0.25) is 20.4 Å². The summed E-state index contributed by atoms with van der Waals surface area (Å²) in [6.45, 7) is 6.44. The summed E-state index contributed by atoms with van der Waals surface area (Å²) in [6, 6.07) is 12.0. The van der Waals surface area contributed by atoms with E-state index < -0.39 is 0 Å². The van der Waals surface area contributed by atoms with Gasteiger partial charge in [0.15, 0.2) is 0 Å². The van der Waals surface area contributed by atoms with E-state index in [9.17, 15) is 9.59 Å². The molecular weight excluding hydrogens is 332 g/mol. The SMILES string of the molecule is Cc1occc1C(=O)NNC(=O)CC[NH+]1CCN(c2ccccc2)CC1. The molecule has 0 spiro atoms. The molecule has 1 fully saturated rings. The lowest BCUT2D eigenvalue weighted by Gasteiger charge is -2.33. The molecule has 1 aliphatic rings. The molecule has 0 aliphatic carbocycles. The Bertz CT molecular complexity index is 736. The number of piperazine rings is 1. The van der Waals surface area contributed by atoms with Crippen molar-refractivity contribution in [3.05, 3.63) is 54.0 Å². The van der Waals surface area contributed by atoms with Crippen LogP contribution in [0.4, 0.5) is 5.69 Å². The molecule has 7 heteroatoms. The monoisotopic (exact) mass is 357 g/mol. The Morgan fingerprint density at radius 2 is 1.85 bits per heavy atom. The fourth-order valence-electron chi connectivity index (χ4n) is 3.14. The van der Waals surface area contributed by atoms with Gasteiger partial charge in [-0.2, -0.15) is 0 Å². The van der Waals surface area contributed by atoms with Gasteiger partial charge >= 0.3 is 0 Å². The number of nitrogens with zero attached hydrogens (tertiary/aromatic N) is 1. The first-order valence-corrected chi connectivity index (χ1v) is 8.90. The van der Waals surface area contributed by atoms with Gasteiger partial charge in [-0.1, -0.05) is 18.2 Å². The smallest absolute Gasteiger partial charge is 0.273 e. The number of furan rings is 1. The van der Waals surface area contributed by atoms with Gasteiger partial charge in [-0.25, -0.2) is 0 Å². The summed E-state index contributed by atoms with van der Waals surface area (Å²) >= 11 is 0. The van der Waals surface area contributed by atoms with Crippen molar-refractivity contribution in [3.8, 4) is 0 Å². The van der Waals surface area contributed by atoms with Crippen LogP contribution in [0.15, 0.2) is 47.1 Å². The van der Waals surface area contributed by atoms with Crippen molar-refractivity contribution < 1.29 is 18.9 Å². The fraction of sp³-hybridized carbons (Fsp3) is 0.368. The molecule has 2 aromatic rings. The lowest BCUT2D eigenvalue weighted by Crippen LogP contribution is -3.15. The van der Waals surface area contributed by atoms with Crippen LogP contribution >= 0.6 is 0 Å². The van der Waals surface area contributed by atoms with Crippen LogP contribution < -0.4 is 20.7 Å². The zero-order chi connectivity index (χ0) is 18.4. The number of hydrogen-bond donors (Lipinski definition) is 3. The molecule has 0 unspecified atom stereocenters. The molecule has 1 saturated heterocycles. The molecule has 7 nitrogen and oxygen atoms in total. The Labute approximate surface area is 152 Å². The highest BCUT2D eigenvalue weighted by Gasteiger charge is 2.21. The third-order valence-electron chi connectivity index (χ3n) is 4.72. The lowest BCUT2D eigenvalue weighted by molar-refractivity contribution is -0.900. The van der Waals surface area contributed by atoms with Crippen LogP contribution in [-0.2, 0) is 4.79 Å². The normalized spacial score (nSPS) is 14.9. The van der Waals surface area contributed by atoms with Crippen molar-refractivity contribution in [1.29, 1.82) is 0 Å². The summed E-state index contributed by atoms with van der Waals surface area (Å²) in [5, 5.41) is 0. The van der Waals surface area contributed by atoms with E-state index in [1.807, 2.05) is 6.07 Å². The quantitative estimate of drug-likeness (QED) is 0.666. The first-order valence-electron chi connectivity index (χ1n) is 8.90. The van der Waals surface area contributed by atoms with E-state index in [-0.39, 0.29) is 11.8 Å². The van der Waals surface area contributed by atoms with E-state index >= 15 is 0 Å². The summed E-state index contributed by atoms with van der Waals surface area (Å²) in [5.41, 5.74) is 6.57. The maximum absolute atomic E-state index is 12.0. The van der Waals surface area contributed by atoms with E-state index in [0.717, 1.165) is 32.7 Å². The molecular formula is C19H25N4O3+. The molecule has 0 saturated carbocycles. The second-order valence-electron chi connectivity index (χ2n) is 6.47. The number of carbonyl (C=O) groups excluding carboxylic acids is 2. The van der Waals surface area contributed by atoms with Gasteiger partial charge in [0.2, 0.25) is 5.91 Å². The highest BCUT2D eigenvalue weighted by Crippen LogP contribution is 2.12. The van der Waals surface area contributed by atoms with Crippen LogP contribution in [0.1, 0.15) is 22.5 Å². The van der Waals surface area contributed by atoms with Crippen molar-refractivity contribution >= 4 is 17.5 Å². The van der Waals surface area contributed by atoms with Crippen LogP contribution in [0, 0.1) is 6.92 Å². The van der Waals surface area contributed by atoms with Crippen LogP contribution in [-0.4, -0.2) is 44.5 Å². The Kier molecular flexibility index (Phi) is 5.91. The number of benzene rings is 1. The largest absolute Gasteiger partial charge is 0.469 e. The predicted molar refractivity (Wildman–Crippen MR) is 97.9 cm³/mol. The summed E-state index contributed by atoms with van der Waals surface area (Å²) in [5.74, 6) is -0.0246. The standard InChI is InChI=1S/C19H24N4O3/c1-15-17(8-14-26-15)19(25)21-20-18(24)7-9-22-10-12-23(13-11-22)16-5-3-2-4-6-16/h2-6,8,14H,7,9-13H2,1H3,(H,20,24)(H,21,25)/p+1. The summed E-state index contributed by atoms with van der Waals surface area (Å²) in [4.78, 5) is 27.6. The number of para-hydroxylation sites is 1. The van der Waals surface area contributed by atoms with Crippen molar-refractivity contribution in [2.24, 2.45) is 0 Å². The van der Waals surface area contributed by atoms with Gasteiger partial charge in [-0.05, 0) is 25.1 Å². The predicted octanol–water partition coefficient (Wildman–Crippen LogP) is 0.144. The number of rotatable bonds is 5. The average Bonchev–Trinajstić information content (AvgIpc) is 3.11. The molecule has 138 valence electrons. The zero-order valence-electron chi connectivity index (χ0n) is 15.0. The number of nitrogens with one attached hydrogen (secondary N) is 3. The van der Waals surface area contributed by atoms with E-state index in [4.69, 9.17) is 4.42 Å². The van der Waals surface area contributed by atoms with Gasteiger partial charge in [-0.15, -0.1) is 0 Å². The molecule has 1 aromatic heterocycles. The number of quaternary nitrogens is 1. The summed E-state index contributed by atoms with van der Waals surface area (Å²) < 4.78 is 5.08.